The van der Waals surface area contributed by atoms with Gasteiger partial charge in [0.15, 0.2) is 0 Å². The van der Waals surface area contributed by atoms with Crippen LogP contribution < -0.4 is 14.8 Å². The van der Waals surface area contributed by atoms with E-state index in [1.54, 1.807) is 0 Å². The fourth-order valence-electron chi connectivity index (χ4n) is 4.16. The molecule has 1 aliphatic heterocycles. The summed E-state index contributed by atoms with van der Waals surface area (Å²) in [6, 6.07) is 28.1. The average Bonchev–Trinajstić information content (AvgIpc) is 2.76. The predicted molar refractivity (Wildman–Crippen MR) is 127 cm³/mol. The second-order valence-corrected chi connectivity index (χ2v) is 8.15. The first-order chi connectivity index (χ1) is 14.5. The Hall–Kier alpha value is -3.59. The summed E-state index contributed by atoms with van der Waals surface area (Å²) in [6.07, 6.45) is 0. The van der Waals surface area contributed by atoms with E-state index in [4.69, 9.17) is 4.42 Å². The van der Waals surface area contributed by atoms with Gasteiger partial charge in [-0.1, -0.05) is 42.5 Å². The van der Waals surface area contributed by atoms with Crippen LogP contribution in [0.25, 0.3) is 44.2 Å². The molecule has 0 spiro atoms. The van der Waals surface area contributed by atoms with Crippen LogP contribution in [-0.4, -0.2) is 28.2 Å². The van der Waals surface area contributed by atoms with Crippen molar-refractivity contribution in [2.75, 3.05) is 33.1 Å². The molecule has 0 aromatic heterocycles. The van der Waals surface area contributed by atoms with E-state index in [-0.39, 0.29) is 0 Å². The number of rotatable bonds is 2. The quantitative estimate of drug-likeness (QED) is 0.293. The second kappa shape index (κ2) is 7.03. The van der Waals surface area contributed by atoms with Crippen molar-refractivity contribution < 1.29 is 4.42 Å². The van der Waals surface area contributed by atoms with Crippen LogP contribution in [0.4, 0.5) is 5.69 Å². The van der Waals surface area contributed by atoms with Gasteiger partial charge in [-0.15, -0.1) is 0 Å². The third-order valence-electron chi connectivity index (χ3n) is 5.78. The fraction of sp³-hybridized carbons (Fsp3) is 0.148. The number of benzene rings is 4. The summed E-state index contributed by atoms with van der Waals surface area (Å²) in [7, 11) is 8.21. The topological polar surface area (TPSA) is 19.4 Å². The molecule has 3 aromatic rings. The number of fused-ring (bicyclic) bond motifs is 3. The Balaban J connectivity index is 1.97. The third-order valence-corrected chi connectivity index (χ3v) is 5.78. The first kappa shape index (κ1) is 18.4. The first-order valence-corrected chi connectivity index (χ1v) is 10.2. The van der Waals surface area contributed by atoms with Gasteiger partial charge in [-0.05, 0) is 34.5 Å². The van der Waals surface area contributed by atoms with Gasteiger partial charge in [-0.25, -0.2) is 4.58 Å². The third kappa shape index (κ3) is 2.94. The highest BCUT2D eigenvalue weighted by molar-refractivity contribution is 6.09. The van der Waals surface area contributed by atoms with Gasteiger partial charge >= 0.3 is 0 Å². The molecule has 3 heteroatoms. The van der Waals surface area contributed by atoms with Crippen LogP contribution in [0.2, 0.25) is 0 Å². The number of hydrogen-bond acceptors (Lipinski definition) is 2. The molecule has 0 saturated heterocycles. The Morgan fingerprint density at radius 1 is 0.733 bits per heavy atom. The lowest BCUT2D eigenvalue weighted by Gasteiger charge is -2.18. The molecule has 0 bridgehead atoms. The van der Waals surface area contributed by atoms with E-state index in [0.29, 0.717) is 0 Å². The molecule has 0 saturated carbocycles. The Morgan fingerprint density at radius 2 is 1.53 bits per heavy atom. The lowest BCUT2D eigenvalue weighted by molar-refractivity contribution is 0.617. The van der Waals surface area contributed by atoms with Crippen molar-refractivity contribution in [2.24, 2.45) is 0 Å². The molecule has 0 N–H and O–H groups in total. The van der Waals surface area contributed by atoms with Crippen molar-refractivity contribution in [3.63, 3.8) is 0 Å². The van der Waals surface area contributed by atoms with E-state index in [0.717, 1.165) is 33.3 Å². The van der Waals surface area contributed by atoms with Crippen LogP contribution >= 0.6 is 0 Å². The minimum atomic E-state index is 0.896. The molecule has 148 valence electrons. The van der Waals surface area contributed by atoms with Crippen molar-refractivity contribution in [3.05, 3.63) is 84.2 Å². The van der Waals surface area contributed by atoms with Crippen molar-refractivity contribution >= 4 is 27.4 Å². The maximum atomic E-state index is 6.45. The number of hydrogen-bond donors (Lipinski definition) is 0. The van der Waals surface area contributed by atoms with Crippen LogP contribution in [0.5, 0.6) is 0 Å². The van der Waals surface area contributed by atoms with Crippen LogP contribution in [0, 0.1) is 0 Å². The molecule has 0 atom stereocenters. The van der Waals surface area contributed by atoms with Crippen LogP contribution in [0.15, 0.2) is 83.3 Å². The second-order valence-electron chi connectivity index (χ2n) is 8.15. The Labute approximate surface area is 176 Å². The predicted octanol–water partition coefficient (Wildman–Crippen LogP) is 5.46. The van der Waals surface area contributed by atoms with Gasteiger partial charge in [0.25, 0.3) is 0 Å². The SMILES string of the molecule is CN(C)c1ccc2c(-c3cccc4ccccc34)c3ccc(=[N+](C)C)cc-3oc2c1. The van der Waals surface area contributed by atoms with E-state index in [1.165, 1.54) is 21.9 Å². The zero-order valence-electron chi connectivity index (χ0n) is 17.8. The summed E-state index contributed by atoms with van der Waals surface area (Å²) in [6.45, 7) is 0. The lowest BCUT2D eigenvalue weighted by atomic mass is 9.90. The fourth-order valence-corrected chi connectivity index (χ4v) is 4.16. The van der Waals surface area contributed by atoms with Crippen LogP contribution in [0.3, 0.4) is 0 Å². The summed E-state index contributed by atoms with van der Waals surface area (Å²) in [5.41, 5.74) is 5.60. The molecular formula is C27H25N2O+. The van der Waals surface area contributed by atoms with Gasteiger partial charge in [-0.2, -0.15) is 0 Å². The number of anilines is 1. The molecule has 30 heavy (non-hydrogen) atoms. The minimum absolute atomic E-state index is 0.896. The zero-order valence-corrected chi connectivity index (χ0v) is 17.8. The summed E-state index contributed by atoms with van der Waals surface area (Å²) >= 11 is 0. The molecule has 0 fully saturated rings. The van der Waals surface area contributed by atoms with E-state index in [2.05, 4.69) is 117 Å². The maximum absolute atomic E-state index is 6.45. The number of nitrogens with zero attached hydrogens (tertiary/aromatic N) is 2. The normalized spacial score (nSPS) is 11.3. The minimum Gasteiger partial charge on any atom is -0.456 e. The van der Waals surface area contributed by atoms with Gasteiger partial charge in [0, 0.05) is 48.4 Å². The molecular weight excluding hydrogens is 368 g/mol. The lowest BCUT2D eigenvalue weighted by Crippen LogP contribution is -2.21. The van der Waals surface area contributed by atoms with Crippen molar-refractivity contribution in [3.8, 4) is 22.5 Å². The Morgan fingerprint density at radius 3 is 2.33 bits per heavy atom. The molecule has 2 aliphatic rings. The summed E-state index contributed by atoms with van der Waals surface area (Å²) in [5, 5.41) is 4.74. The molecule has 1 aliphatic carbocycles. The first-order valence-electron chi connectivity index (χ1n) is 10.2. The van der Waals surface area contributed by atoms with Gasteiger partial charge in [-0.3, -0.25) is 0 Å². The molecule has 1 heterocycles. The van der Waals surface area contributed by atoms with E-state index in [9.17, 15) is 0 Å². The molecule has 3 nitrogen and oxygen atoms in total. The van der Waals surface area contributed by atoms with E-state index >= 15 is 0 Å². The summed E-state index contributed by atoms with van der Waals surface area (Å²) < 4.78 is 8.55. The highest BCUT2D eigenvalue weighted by atomic mass is 16.3. The summed E-state index contributed by atoms with van der Waals surface area (Å²) in [4.78, 5) is 2.10. The van der Waals surface area contributed by atoms with E-state index < -0.39 is 0 Å². The Kier molecular flexibility index (Phi) is 4.32. The van der Waals surface area contributed by atoms with Crippen LogP contribution in [0.1, 0.15) is 0 Å². The average molecular weight is 394 g/mol. The maximum Gasteiger partial charge on any atom is 0.203 e. The summed E-state index contributed by atoms with van der Waals surface area (Å²) in [5.74, 6) is 0.896. The van der Waals surface area contributed by atoms with E-state index in [1.807, 2.05) is 0 Å². The van der Waals surface area contributed by atoms with Crippen molar-refractivity contribution in [2.45, 2.75) is 0 Å². The monoisotopic (exact) mass is 393 g/mol. The standard InChI is InChI=1S/C27H25N2O/c1-28(2)19-12-14-23-25(16-19)30-26-17-20(29(3)4)13-15-24(26)27(23)22-11-7-9-18-8-5-6-10-21(18)22/h5-17H,1-4H3/q+1. The zero-order chi connectivity index (χ0) is 20.8. The van der Waals surface area contributed by atoms with Crippen molar-refractivity contribution in [1.82, 2.24) is 4.58 Å². The van der Waals surface area contributed by atoms with Crippen LogP contribution in [-0.2, 0) is 0 Å². The highest BCUT2D eigenvalue weighted by Crippen LogP contribution is 2.42. The van der Waals surface area contributed by atoms with Gasteiger partial charge in [0.05, 0.1) is 6.07 Å². The molecule has 0 amide bonds. The molecule has 0 radical (unpaired) electrons. The molecule has 3 aromatic carbocycles. The smallest absolute Gasteiger partial charge is 0.203 e. The highest BCUT2D eigenvalue weighted by Gasteiger charge is 2.19. The Bertz CT molecular complexity index is 1430. The largest absolute Gasteiger partial charge is 0.456 e. The molecule has 5 rings (SSSR count). The van der Waals surface area contributed by atoms with Crippen molar-refractivity contribution in [1.29, 1.82) is 0 Å². The van der Waals surface area contributed by atoms with Gasteiger partial charge in [0.1, 0.15) is 25.4 Å². The molecule has 0 unspecified atom stereocenters. The van der Waals surface area contributed by atoms with Gasteiger partial charge in [0.2, 0.25) is 5.36 Å². The van der Waals surface area contributed by atoms with Gasteiger partial charge < -0.3 is 9.32 Å².